The summed E-state index contributed by atoms with van der Waals surface area (Å²) < 4.78 is 2.02. The van der Waals surface area contributed by atoms with Crippen molar-refractivity contribution in [3.63, 3.8) is 0 Å². The average Bonchev–Trinajstić information content (AvgIpc) is 3.10. The van der Waals surface area contributed by atoms with Gasteiger partial charge in [-0.25, -0.2) is 4.68 Å². The van der Waals surface area contributed by atoms with Gasteiger partial charge in [0.15, 0.2) is 0 Å². The fourth-order valence-corrected chi connectivity index (χ4v) is 4.18. The number of carbonyl (C=O) groups is 1. The number of fused-ring (bicyclic) bond motifs is 1. The van der Waals surface area contributed by atoms with Gasteiger partial charge in [-0.1, -0.05) is 32.9 Å². The molecule has 1 aromatic carbocycles. The van der Waals surface area contributed by atoms with E-state index >= 15 is 0 Å². The van der Waals surface area contributed by atoms with E-state index in [0.717, 1.165) is 36.3 Å². The van der Waals surface area contributed by atoms with Crippen molar-refractivity contribution in [2.75, 3.05) is 12.0 Å². The lowest BCUT2D eigenvalue weighted by Gasteiger charge is -2.25. The number of carbonyl (C=O) groups excluding carboxylic acids is 1. The van der Waals surface area contributed by atoms with E-state index in [-0.39, 0.29) is 17.4 Å². The summed E-state index contributed by atoms with van der Waals surface area (Å²) >= 11 is 1.71. The molecule has 28 heavy (non-hydrogen) atoms. The molecule has 5 nitrogen and oxygen atoms in total. The van der Waals surface area contributed by atoms with Crippen LogP contribution in [0.15, 0.2) is 30.5 Å². The molecule has 1 aliphatic carbocycles. The van der Waals surface area contributed by atoms with Crippen LogP contribution in [0.1, 0.15) is 62.9 Å². The highest BCUT2D eigenvalue weighted by Gasteiger charge is 2.27. The van der Waals surface area contributed by atoms with Crippen molar-refractivity contribution >= 4 is 17.7 Å². The van der Waals surface area contributed by atoms with Gasteiger partial charge in [0.1, 0.15) is 0 Å². The minimum Gasteiger partial charge on any atom is -0.348 e. The molecule has 1 amide bonds. The van der Waals surface area contributed by atoms with Crippen molar-refractivity contribution in [1.29, 1.82) is 0 Å². The van der Waals surface area contributed by atoms with Crippen LogP contribution in [-0.4, -0.2) is 33.7 Å². The van der Waals surface area contributed by atoms with Crippen molar-refractivity contribution in [2.24, 2.45) is 5.73 Å². The van der Waals surface area contributed by atoms with Crippen LogP contribution in [-0.2, 0) is 16.6 Å². The fraction of sp³-hybridized carbons (Fsp3) is 0.545. The SMILES string of the molecule is CSCC[C@H](N)C(=O)NC1CCCc2c1cnn2-c1ccc(C(C)(C)C)cc1. The molecular weight excluding hydrogens is 368 g/mol. The zero-order valence-electron chi connectivity index (χ0n) is 17.4. The number of rotatable bonds is 6. The van der Waals surface area contributed by atoms with Gasteiger partial charge in [-0.2, -0.15) is 16.9 Å². The standard InChI is InChI=1S/C22H32N4OS/c1-22(2,3)15-8-10-16(11-9-15)26-20-7-5-6-19(17(20)14-24-26)25-21(27)18(23)12-13-28-4/h8-11,14,18-19H,5-7,12-13,23H2,1-4H3,(H,25,27)/t18-,19?/m0/s1. The van der Waals surface area contributed by atoms with E-state index < -0.39 is 6.04 Å². The smallest absolute Gasteiger partial charge is 0.237 e. The number of hydrogen-bond donors (Lipinski definition) is 2. The van der Waals surface area contributed by atoms with E-state index in [0.29, 0.717) is 6.42 Å². The molecule has 1 unspecified atom stereocenters. The number of aromatic nitrogens is 2. The number of amides is 1. The molecule has 0 saturated heterocycles. The molecule has 0 saturated carbocycles. The zero-order valence-corrected chi connectivity index (χ0v) is 18.2. The first-order valence-corrected chi connectivity index (χ1v) is 11.4. The van der Waals surface area contributed by atoms with Gasteiger partial charge in [-0.3, -0.25) is 4.79 Å². The van der Waals surface area contributed by atoms with Crippen LogP contribution in [0.2, 0.25) is 0 Å². The number of nitrogens with two attached hydrogens (primary N) is 1. The van der Waals surface area contributed by atoms with Gasteiger partial charge in [0.25, 0.3) is 0 Å². The third-order valence-electron chi connectivity index (χ3n) is 5.45. The fourth-order valence-electron chi connectivity index (χ4n) is 3.69. The Bertz CT molecular complexity index is 807. The molecule has 0 aliphatic heterocycles. The molecule has 2 atom stereocenters. The highest BCUT2D eigenvalue weighted by molar-refractivity contribution is 7.98. The molecule has 0 radical (unpaired) electrons. The Morgan fingerprint density at radius 2 is 2.07 bits per heavy atom. The van der Waals surface area contributed by atoms with Crippen LogP contribution < -0.4 is 11.1 Å². The highest BCUT2D eigenvalue weighted by Crippen LogP contribution is 2.31. The quantitative estimate of drug-likeness (QED) is 0.775. The Morgan fingerprint density at radius 3 is 2.71 bits per heavy atom. The first kappa shape index (κ1) is 20.9. The Balaban J connectivity index is 1.78. The number of hydrogen-bond acceptors (Lipinski definition) is 4. The van der Waals surface area contributed by atoms with Gasteiger partial charge in [-0.15, -0.1) is 0 Å². The maximum absolute atomic E-state index is 12.5. The summed E-state index contributed by atoms with van der Waals surface area (Å²) in [5, 5.41) is 7.79. The summed E-state index contributed by atoms with van der Waals surface area (Å²) in [5.74, 6) is 0.835. The lowest BCUT2D eigenvalue weighted by molar-refractivity contribution is -0.123. The molecule has 0 spiro atoms. The third-order valence-corrected chi connectivity index (χ3v) is 6.09. The predicted molar refractivity (Wildman–Crippen MR) is 117 cm³/mol. The average molecular weight is 401 g/mol. The normalized spacial score (nSPS) is 17.8. The summed E-state index contributed by atoms with van der Waals surface area (Å²) in [6.07, 6.45) is 7.57. The minimum atomic E-state index is -0.446. The van der Waals surface area contributed by atoms with Crippen LogP contribution in [0, 0.1) is 0 Å². The summed E-state index contributed by atoms with van der Waals surface area (Å²) in [6, 6.07) is 8.17. The van der Waals surface area contributed by atoms with Gasteiger partial charge in [-0.05, 0) is 60.8 Å². The molecule has 1 aromatic heterocycles. The molecular formula is C22H32N4OS. The van der Waals surface area contributed by atoms with E-state index in [1.54, 1.807) is 11.8 Å². The van der Waals surface area contributed by atoms with Gasteiger partial charge < -0.3 is 11.1 Å². The molecule has 0 bridgehead atoms. The van der Waals surface area contributed by atoms with E-state index in [1.807, 2.05) is 17.1 Å². The molecule has 1 aliphatic rings. The lowest BCUT2D eigenvalue weighted by Crippen LogP contribution is -2.43. The predicted octanol–water partition coefficient (Wildman–Crippen LogP) is 3.74. The van der Waals surface area contributed by atoms with Crippen LogP contribution in [0.3, 0.4) is 0 Å². The van der Waals surface area contributed by atoms with Crippen LogP contribution in [0.25, 0.3) is 5.69 Å². The first-order chi connectivity index (χ1) is 13.3. The van der Waals surface area contributed by atoms with Crippen molar-refractivity contribution in [1.82, 2.24) is 15.1 Å². The third kappa shape index (κ3) is 4.61. The zero-order chi connectivity index (χ0) is 20.3. The maximum Gasteiger partial charge on any atom is 0.237 e. The van der Waals surface area contributed by atoms with Gasteiger partial charge >= 0.3 is 0 Å². The molecule has 1 heterocycles. The number of thioether (sulfide) groups is 1. The first-order valence-electron chi connectivity index (χ1n) is 10.0. The molecule has 0 fully saturated rings. The van der Waals surface area contributed by atoms with Crippen molar-refractivity contribution in [2.45, 2.75) is 64.0 Å². The number of nitrogens with zero attached hydrogens (tertiary/aromatic N) is 2. The second-order valence-electron chi connectivity index (χ2n) is 8.60. The Kier molecular flexibility index (Phi) is 6.50. The lowest BCUT2D eigenvalue weighted by atomic mass is 9.87. The largest absolute Gasteiger partial charge is 0.348 e. The minimum absolute atomic E-state index is 0.000761. The van der Waals surface area contributed by atoms with Crippen molar-refractivity contribution < 1.29 is 4.79 Å². The van der Waals surface area contributed by atoms with E-state index in [1.165, 1.54) is 11.3 Å². The van der Waals surface area contributed by atoms with Gasteiger partial charge in [0.2, 0.25) is 5.91 Å². The second kappa shape index (κ2) is 8.70. The summed E-state index contributed by atoms with van der Waals surface area (Å²) in [6.45, 7) is 6.65. The Morgan fingerprint density at radius 1 is 1.36 bits per heavy atom. The summed E-state index contributed by atoms with van der Waals surface area (Å²) in [7, 11) is 0. The highest BCUT2D eigenvalue weighted by atomic mass is 32.2. The molecule has 3 N–H and O–H groups in total. The Hall–Kier alpha value is -1.79. The molecule has 152 valence electrons. The van der Waals surface area contributed by atoms with Crippen LogP contribution >= 0.6 is 11.8 Å². The van der Waals surface area contributed by atoms with Crippen LogP contribution in [0.5, 0.6) is 0 Å². The van der Waals surface area contributed by atoms with Crippen LogP contribution in [0.4, 0.5) is 0 Å². The van der Waals surface area contributed by atoms with Gasteiger partial charge in [0.05, 0.1) is 24.0 Å². The molecule has 3 rings (SSSR count). The monoisotopic (exact) mass is 400 g/mol. The van der Waals surface area contributed by atoms with Gasteiger partial charge in [0, 0.05) is 11.3 Å². The number of nitrogens with one attached hydrogen (secondary N) is 1. The van der Waals surface area contributed by atoms with E-state index in [9.17, 15) is 4.79 Å². The maximum atomic E-state index is 12.5. The molecule has 6 heteroatoms. The molecule has 2 aromatic rings. The van der Waals surface area contributed by atoms with Crippen molar-refractivity contribution in [3.05, 3.63) is 47.3 Å². The van der Waals surface area contributed by atoms with Crippen molar-refractivity contribution in [3.8, 4) is 5.69 Å². The number of benzene rings is 1. The summed E-state index contributed by atoms with van der Waals surface area (Å²) in [5.41, 5.74) is 10.9. The van der Waals surface area contributed by atoms with E-state index in [4.69, 9.17) is 5.73 Å². The Labute approximate surface area is 172 Å². The topological polar surface area (TPSA) is 72.9 Å². The summed E-state index contributed by atoms with van der Waals surface area (Å²) in [4.78, 5) is 12.5. The van der Waals surface area contributed by atoms with E-state index in [2.05, 4.69) is 55.5 Å². The second-order valence-corrected chi connectivity index (χ2v) is 9.58.